The third-order valence-electron chi connectivity index (χ3n) is 2.20. The molecule has 0 unspecified atom stereocenters. The third-order valence-corrected chi connectivity index (χ3v) is 3.23. The zero-order chi connectivity index (χ0) is 12.3. The van der Waals surface area contributed by atoms with Crippen molar-refractivity contribution in [2.45, 2.75) is 6.92 Å². The quantitative estimate of drug-likeness (QED) is 0.835. The molecule has 0 aromatic heterocycles. The highest BCUT2D eigenvalue weighted by molar-refractivity contribution is 8.18. The van der Waals surface area contributed by atoms with Crippen molar-refractivity contribution in [2.75, 3.05) is 6.61 Å². The number of para-hydroxylation sites is 1. The van der Waals surface area contributed by atoms with E-state index < -0.39 is 0 Å². The molecule has 1 aliphatic heterocycles. The highest BCUT2D eigenvalue weighted by atomic mass is 32.2. The van der Waals surface area contributed by atoms with Crippen molar-refractivity contribution < 1.29 is 14.3 Å². The van der Waals surface area contributed by atoms with Crippen LogP contribution in [0.25, 0.3) is 0 Å². The summed E-state index contributed by atoms with van der Waals surface area (Å²) in [6.45, 7) is 2.08. The molecule has 0 aliphatic carbocycles. The predicted octanol–water partition coefficient (Wildman–Crippen LogP) is 2.32. The Morgan fingerprint density at radius 2 is 2.00 bits per heavy atom. The third kappa shape index (κ3) is 2.88. The van der Waals surface area contributed by atoms with Crippen molar-refractivity contribution in [1.29, 1.82) is 0 Å². The van der Waals surface area contributed by atoms with E-state index in [1.165, 1.54) is 0 Å². The minimum atomic E-state index is -0.339. The monoisotopic (exact) mass is 249 g/mol. The Labute approximate surface area is 103 Å². The first-order chi connectivity index (χ1) is 8.16. The van der Waals surface area contributed by atoms with E-state index >= 15 is 0 Å². The zero-order valence-electron chi connectivity index (χ0n) is 9.23. The van der Waals surface area contributed by atoms with Crippen molar-refractivity contribution in [1.82, 2.24) is 5.32 Å². The number of rotatable bonds is 3. The van der Waals surface area contributed by atoms with Gasteiger partial charge in [-0.3, -0.25) is 14.9 Å². The molecule has 0 atom stereocenters. The summed E-state index contributed by atoms with van der Waals surface area (Å²) in [5.74, 6) is 0.399. The number of hydrogen-bond acceptors (Lipinski definition) is 4. The summed E-state index contributed by atoms with van der Waals surface area (Å²) in [6, 6.07) is 9.32. The van der Waals surface area contributed by atoms with Gasteiger partial charge in [-0.15, -0.1) is 0 Å². The number of nitrogens with one attached hydrogen (secondary N) is 1. The van der Waals surface area contributed by atoms with Crippen LogP contribution < -0.4 is 10.1 Å². The highest BCUT2D eigenvalue weighted by Crippen LogP contribution is 2.26. The molecule has 1 N–H and O–H groups in total. The molecule has 1 fully saturated rings. The van der Waals surface area contributed by atoms with Crippen molar-refractivity contribution >= 4 is 22.9 Å². The lowest BCUT2D eigenvalue weighted by atomic mass is 10.3. The van der Waals surface area contributed by atoms with Gasteiger partial charge in [-0.25, -0.2) is 0 Å². The van der Waals surface area contributed by atoms with Crippen LogP contribution in [-0.4, -0.2) is 17.8 Å². The van der Waals surface area contributed by atoms with Gasteiger partial charge in [-0.05, 0) is 36.4 Å². The molecule has 1 aromatic carbocycles. The minimum Gasteiger partial charge on any atom is -0.489 e. The second kappa shape index (κ2) is 5.05. The van der Waals surface area contributed by atoms with Gasteiger partial charge in [0.2, 0.25) is 0 Å². The topological polar surface area (TPSA) is 55.4 Å². The van der Waals surface area contributed by atoms with Crippen LogP contribution >= 0.6 is 11.8 Å². The van der Waals surface area contributed by atoms with Gasteiger partial charge in [0, 0.05) is 0 Å². The Morgan fingerprint density at radius 3 is 2.59 bits per heavy atom. The van der Waals surface area contributed by atoms with Crippen LogP contribution in [0.2, 0.25) is 0 Å². The van der Waals surface area contributed by atoms with Crippen LogP contribution in [0.3, 0.4) is 0 Å². The summed E-state index contributed by atoms with van der Waals surface area (Å²) < 4.78 is 5.50. The number of hydrogen-bond donors (Lipinski definition) is 1. The highest BCUT2D eigenvalue weighted by Gasteiger charge is 2.27. The first-order valence-corrected chi connectivity index (χ1v) is 5.89. The molecule has 2 amide bonds. The van der Waals surface area contributed by atoms with E-state index in [2.05, 4.69) is 5.32 Å². The molecule has 0 saturated carbocycles. The van der Waals surface area contributed by atoms with Gasteiger partial charge >= 0.3 is 0 Å². The molecule has 17 heavy (non-hydrogen) atoms. The average molecular weight is 249 g/mol. The number of thioether (sulfide) groups is 1. The zero-order valence-corrected chi connectivity index (χ0v) is 10.0. The summed E-state index contributed by atoms with van der Waals surface area (Å²) >= 11 is 0.917. The summed E-state index contributed by atoms with van der Waals surface area (Å²) in [6.07, 6.45) is 0. The molecule has 4 nitrogen and oxygen atoms in total. The second-order valence-corrected chi connectivity index (χ2v) is 4.54. The maximum Gasteiger partial charge on any atom is 0.290 e. The van der Waals surface area contributed by atoms with E-state index in [9.17, 15) is 9.59 Å². The fraction of sp³-hybridized carbons (Fsp3) is 0.167. The maximum atomic E-state index is 11.4. The molecule has 2 rings (SSSR count). The van der Waals surface area contributed by atoms with Crippen molar-refractivity contribution in [2.24, 2.45) is 0 Å². The van der Waals surface area contributed by atoms with Crippen molar-refractivity contribution in [3.63, 3.8) is 0 Å². The Bertz CT molecular complexity index is 482. The van der Waals surface area contributed by atoms with Gasteiger partial charge < -0.3 is 4.74 Å². The van der Waals surface area contributed by atoms with Gasteiger partial charge in [0.1, 0.15) is 12.4 Å². The molecule has 0 bridgehead atoms. The number of benzene rings is 1. The Hall–Kier alpha value is -1.75. The van der Waals surface area contributed by atoms with Crippen LogP contribution in [0.15, 0.2) is 40.8 Å². The van der Waals surface area contributed by atoms with Gasteiger partial charge in [0.05, 0.1) is 4.91 Å². The van der Waals surface area contributed by atoms with E-state index in [0.29, 0.717) is 11.5 Å². The lowest BCUT2D eigenvalue weighted by molar-refractivity contribution is -0.115. The van der Waals surface area contributed by atoms with Crippen LogP contribution in [0.5, 0.6) is 5.75 Å². The molecule has 0 radical (unpaired) electrons. The van der Waals surface area contributed by atoms with E-state index in [4.69, 9.17) is 4.74 Å². The molecule has 1 aliphatic rings. The fourth-order valence-corrected chi connectivity index (χ4v) is 2.07. The van der Waals surface area contributed by atoms with Gasteiger partial charge in [-0.1, -0.05) is 18.2 Å². The summed E-state index contributed by atoms with van der Waals surface area (Å²) in [5.41, 5.74) is 0.752. The largest absolute Gasteiger partial charge is 0.489 e. The number of ether oxygens (including phenoxy) is 1. The standard InChI is InChI=1S/C12H11NO3S/c1-8(10-11(14)13-12(15)17-10)7-16-9-5-3-2-4-6-9/h2-6H,7H2,1H3,(H,13,14,15). The Kier molecular flexibility index (Phi) is 3.49. The van der Waals surface area contributed by atoms with Crippen LogP contribution in [-0.2, 0) is 4.79 Å². The number of amides is 2. The summed E-state index contributed by atoms with van der Waals surface area (Å²) in [5, 5.41) is 1.89. The lowest BCUT2D eigenvalue weighted by Gasteiger charge is -2.06. The Morgan fingerprint density at radius 1 is 1.29 bits per heavy atom. The van der Waals surface area contributed by atoms with Gasteiger partial charge in [0.25, 0.3) is 11.1 Å². The molecular formula is C12H11NO3S. The second-order valence-electron chi connectivity index (χ2n) is 3.55. The smallest absolute Gasteiger partial charge is 0.290 e. The fourth-order valence-electron chi connectivity index (χ4n) is 1.37. The molecule has 1 heterocycles. The SMILES string of the molecule is CC(COc1ccccc1)=C1SC(=O)NC1=O. The first kappa shape index (κ1) is 11.7. The van der Waals surface area contributed by atoms with Crippen molar-refractivity contribution in [3.05, 3.63) is 40.8 Å². The van der Waals surface area contributed by atoms with E-state index in [1.807, 2.05) is 30.3 Å². The summed E-state index contributed by atoms with van der Waals surface area (Å²) in [7, 11) is 0. The number of carbonyl (C=O) groups is 2. The molecule has 1 aromatic rings. The minimum absolute atomic E-state index is 0.299. The van der Waals surface area contributed by atoms with E-state index in [0.717, 1.165) is 23.1 Å². The predicted molar refractivity (Wildman–Crippen MR) is 65.8 cm³/mol. The van der Waals surface area contributed by atoms with Crippen LogP contribution in [0, 0.1) is 0 Å². The van der Waals surface area contributed by atoms with Crippen molar-refractivity contribution in [3.8, 4) is 5.75 Å². The van der Waals surface area contributed by atoms with E-state index in [1.54, 1.807) is 6.92 Å². The number of carbonyl (C=O) groups excluding carboxylic acids is 2. The lowest BCUT2D eigenvalue weighted by Crippen LogP contribution is -2.18. The van der Waals surface area contributed by atoms with Gasteiger partial charge in [0.15, 0.2) is 0 Å². The van der Waals surface area contributed by atoms with E-state index in [-0.39, 0.29) is 11.1 Å². The molecule has 88 valence electrons. The van der Waals surface area contributed by atoms with Crippen LogP contribution in [0.4, 0.5) is 4.79 Å². The normalized spacial score (nSPS) is 17.9. The van der Waals surface area contributed by atoms with Crippen LogP contribution in [0.1, 0.15) is 6.92 Å². The Balaban J connectivity index is 2.02. The molecular weight excluding hydrogens is 238 g/mol. The maximum absolute atomic E-state index is 11.4. The molecule has 1 saturated heterocycles. The van der Waals surface area contributed by atoms with Gasteiger partial charge in [-0.2, -0.15) is 0 Å². The first-order valence-electron chi connectivity index (χ1n) is 5.07. The average Bonchev–Trinajstić information content (AvgIpc) is 2.67. The summed E-state index contributed by atoms with van der Waals surface area (Å²) in [4.78, 5) is 22.8. The number of imide groups is 1. The molecule has 5 heteroatoms. The molecule has 0 spiro atoms.